The molecule has 0 radical (unpaired) electrons. The van der Waals surface area contributed by atoms with Gasteiger partial charge in [-0.25, -0.2) is 14.4 Å². The van der Waals surface area contributed by atoms with Crippen molar-refractivity contribution < 1.29 is 23.5 Å². The van der Waals surface area contributed by atoms with E-state index in [9.17, 15) is 14.4 Å². The second-order valence-corrected chi connectivity index (χ2v) is 9.26. The smallest absolute Gasteiger partial charge is 0.408 e. The Bertz CT molecular complexity index is 1020. The molecule has 2 aromatic rings. The molecule has 0 fully saturated rings. The van der Waals surface area contributed by atoms with Crippen molar-refractivity contribution in [3.8, 4) is 5.75 Å². The van der Waals surface area contributed by atoms with Crippen molar-refractivity contribution in [3.05, 3.63) is 39.7 Å². The lowest BCUT2D eigenvalue weighted by atomic mass is 9.99. The van der Waals surface area contributed by atoms with Gasteiger partial charge in [-0.05, 0) is 69.7 Å². The van der Waals surface area contributed by atoms with Gasteiger partial charge in [0.05, 0.1) is 5.39 Å². The van der Waals surface area contributed by atoms with Crippen molar-refractivity contribution in [2.75, 3.05) is 0 Å². The van der Waals surface area contributed by atoms with Crippen molar-refractivity contribution >= 4 is 23.0 Å². The van der Waals surface area contributed by atoms with Gasteiger partial charge in [-0.1, -0.05) is 33.6 Å². The van der Waals surface area contributed by atoms with E-state index < -0.39 is 29.3 Å². The number of nitrogens with one attached hydrogen (secondary N) is 1. The van der Waals surface area contributed by atoms with Gasteiger partial charge < -0.3 is 19.2 Å². The minimum Gasteiger partial charge on any atom is -0.444 e. The number of hydrogen-bond acceptors (Lipinski definition) is 6. The van der Waals surface area contributed by atoms with E-state index in [1.807, 2.05) is 20.8 Å². The fourth-order valence-corrected chi connectivity index (χ4v) is 3.39. The minimum absolute atomic E-state index is 0.177. The molecule has 32 heavy (non-hydrogen) atoms. The van der Waals surface area contributed by atoms with Gasteiger partial charge >= 0.3 is 17.7 Å². The third-order valence-corrected chi connectivity index (χ3v) is 5.18. The molecule has 0 unspecified atom stereocenters. The van der Waals surface area contributed by atoms with Gasteiger partial charge in [0.25, 0.3) is 0 Å². The van der Waals surface area contributed by atoms with Gasteiger partial charge in [-0.3, -0.25) is 0 Å². The molecule has 2 rings (SSSR count). The first-order valence-corrected chi connectivity index (χ1v) is 11.2. The zero-order valence-electron chi connectivity index (χ0n) is 20.2. The molecule has 2 atom stereocenters. The van der Waals surface area contributed by atoms with Crippen LogP contribution in [0.3, 0.4) is 0 Å². The molecule has 7 nitrogen and oxygen atoms in total. The Morgan fingerprint density at radius 2 is 1.84 bits per heavy atom. The number of benzene rings is 1. The first kappa shape index (κ1) is 25.4. The zero-order chi connectivity index (χ0) is 24.1. The highest BCUT2D eigenvalue weighted by molar-refractivity contribution is 5.91. The maximum atomic E-state index is 13.2. The van der Waals surface area contributed by atoms with E-state index in [0.29, 0.717) is 29.6 Å². The third-order valence-electron chi connectivity index (χ3n) is 5.18. The summed E-state index contributed by atoms with van der Waals surface area (Å²) in [5, 5.41) is 3.26. The minimum atomic E-state index is -0.889. The van der Waals surface area contributed by atoms with Crippen molar-refractivity contribution in [1.82, 2.24) is 5.32 Å². The monoisotopic (exact) mass is 445 g/mol. The summed E-state index contributed by atoms with van der Waals surface area (Å²) in [4.78, 5) is 37.6. The highest BCUT2D eigenvalue weighted by Gasteiger charge is 2.30. The van der Waals surface area contributed by atoms with Gasteiger partial charge in [0.15, 0.2) is 0 Å². The maximum absolute atomic E-state index is 13.2. The van der Waals surface area contributed by atoms with Gasteiger partial charge in [-0.2, -0.15) is 0 Å². The number of amides is 1. The average Bonchev–Trinajstić information content (AvgIpc) is 2.67. The standard InChI is InChI=1S/C25H35NO6/c1-8-10-11-17-14-20(27)30-18-12-15(3)13-19(21(17)18)31-23(28)22(16(4)9-2)26-24(29)32-25(5,6)7/h12-14,16,22H,8-11H2,1-7H3,(H,26,29)/t16-,22+/m1/s1. The fraction of sp³-hybridized carbons (Fsp3) is 0.560. The molecular formula is C25H35NO6. The van der Waals surface area contributed by atoms with Gasteiger partial charge in [0.1, 0.15) is 23.0 Å². The summed E-state index contributed by atoms with van der Waals surface area (Å²) in [5.74, 6) is -0.451. The third kappa shape index (κ3) is 6.84. The number of rotatable bonds is 8. The summed E-state index contributed by atoms with van der Waals surface area (Å²) in [6.07, 6.45) is 2.48. The van der Waals surface area contributed by atoms with E-state index in [1.165, 1.54) is 6.07 Å². The van der Waals surface area contributed by atoms with Crippen molar-refractivity contribution in [2.24, 2.45) is 5.92 Å². The summed E-state index contributed by atoms with van der Waals surface area (Å²) < 4.78 is 16.5. The zero-order valence-corrected chi connectivity index (χ0v) is 20.2. The number of carbonyl (C=O) groups excluding carboxylic acids is 2. The molecule has 1 amide bonds. The van der Waals surface area contributed by atoms with Crippen molar-refractivity contribution in [3.63, 3.8) is 0 Å². The highest BCUT2D eigenvalue weighted by atomic mass is 16.6. The Balaban J connectivity index is 2.43. The Kier molecular flexibility index (Phi) is 8.47. The molecule has 0 aliphatic rings. The van der Waals surface area contributed by atoms with Crippen LogP contribution in [0, 0.1) is 12.8 Å². The Labute approximate surface area is 189 Å². The van der Waals surface area contributed by atoms with E-state index in [0.717, 1.165) is 24.0 Å². The number of hydrogen-bond donors (Lipinski definition) is 1. The van der Waals surface area contributed by atoms with Crippen LogP contribution < -0.4 is 15.7 Å². The Hall–Kier alpha value is -2.83. The molecule has 0 spiro atoms. The molecule has 7 heteroatoms. The largest absolute Gasteiger partial charge is 0.444 e. The number of alkyl carbamates (subject to hydrolysis) is 1. The number of carbonyl (C=O) groups is 2. The molecule has 1 heterocycles. The topological polar surface area (TPSA) is 94.8 Å². The van der Waals surface area contributed by atoms with Crippen LogP contribution in [0.2, 0.25) is 0 Å². The Morgan fingerprint density at radius 3 is 2.44 bits per heavy atom. The van der Waals surface area contributed by atoms with Crippen LogP contribution in [-0.2, 0) is 16.0 Å². The molecule has 0 saturated carbocycles. The molecule has 1 N–H and O–H groups in total. The molecule has 176 valence electrons. The summed E-state index contributed by atoms with van der Waals surface area (Å²) in [7, 11) is 0. The molecule has 1 aromatic carbocycles. The average molecular weight is 446 g/mol. The number of ether oxygens (including phenoxy) is 2. The van der Waals surface area contributed by atoms with Crippen LogP contribution in [-0.4, -0.2) is 23.7 Å². The summed E-state index contributed by atoms with van der Waals surface area (Å²) in [6, 6.07) is 4.07. The quantitative estimate of drug-likeness (QED) is 0.337. The van der Waals surface area contributed by atoms with Crippen molar-refractivity contribution in [1.29, 1.82) is 0 Å². The van der Waals surface area contributed by atoms with E-state index in [2.05, 4.69) is 12.2 Å². The van der Waals surface area contributed by atoms with Gasteiger partial charge in [-0.15, -0.1) is 0 Å². The van der Waals surface area contributed by atoms with Gasteiger partial charge in [0, 0.05) is 6.07 Å². The van der Waals surface area contributed by atoms with Gasteiger partial charge in [0.2, 0.25) is 0 Å². The maximum Gasteiger partial charge on any atom is 0.408 e. The lowest BCUT2D eigenvalue weighted by Crippen LogP contribution is -2.48. The second kappa shape index (κ2) is 10.7. The summed E-state index contributed by atoms with van der Waals surface area (Å²) >= 11 is 0. The predicted molar refractivity (Wildman–Crippen MR) is 124 cm³/mol. The fourth-order valence-electron chi connectivity index (χ4n) is 3.39. The number of unbranched alkanes of at least 4 members (excludes halogenated alkanes) is 1. The van der Waals surface area contributed by atoms with E-state index in [-0.39, 0.29) is 5.92 Å². The van der Waals surface area contributed by atoms with Crippen LogP contribution >= 0.6 is 0 Å². The Morgan fingerprint density at radius 1 is 1.16 bits per heavy atom. The highest BCUT2D eigenvalue weighted by Crippen LogP contribution is 2.31. The second-order valence-electron chi connectivity index (χ2n) is 9.26. The van der Waals surface area contributed by atoms with E-state index in [1.54, 1.807) is 32.9 Å². The molecule has 1 aromatic heterocycles. The predicted octanol–water partition coefficient (Wildman–Crippen LogP) is 5.29. The van der Waals surface area contributed by atoms with Crippen LogP contribution in [0.5, 0.6) is 5.75 Å². The molecular weight excluding hydrogens is 410 g/mol. The number of fused-ring (bicyclic) bond motifs is 1. The summed E-state index contributed by atoms with van der Waals surface area (Å²) in [6.45, 7) is 13.0. The first-order valence-electron chi connectivity index (χ1n) is 11.2. The van der Waals surface area contributed by atoms with Crippen LogP contribution in [0.1, 0.15) is 71.9 Å². The number of aryl methyl sites for hydroxylation is 2. The lowest BCUT2D eigenvalue weighted by molar-refractivity contribution is -0.138. The lowest BCUT2D eigenvalue weighted by Gasteiger charge is -2.26. The van der Waals surface area contributed by atoms with Crippen LogP contribution in [0.25, 0.3) is 11.0 Å². The van der Waals surface area contributed by atoms with Crippen LogP contribution in [0.15, 0.2) is 27.4 Å². The van der Waals surface area contributed by atoms with E-state index in [4.69, 9.17) is 13.9 Å². The van der Waals surface area contributed by atoms with E-state index >= 15 is 0 Å². The number of esters is 1. The SMILES string of the molecule is CCCCc1cc(=O)oc2cc(C)cc(OC(=O)[C@@H](NC(=O)OC(C)(C)C)[C@H](C)CC)c12. The first-order chi connectivity index (χ1) is 14.9. The molecule has 0 saturated heterocycles. The normalized spacial score (nSPS) is 13.5. The molecule has 0 aliphatic carbocycles. The van der Waals surface area contributed by atoms with Crippen LogP contribution in [0.4, 0.5) is 4.79 Å². The molecule has 0 aliphatic heterocycles. The summed E-state index contributed by atoms with van der Waals surface area (Å²) in [5.41, 5.74) is 0.825. The molecule has 0 bridgehead atoms. The van der Waals surface area contributed by atoms with Crippen molar-refractivity contribution in [2.45, 2.75) is 85.8 Å².